The number of hydrogen-bond acceptors (Lipinski definition) is 3. The van der Waals surface area contributed by atoms with Crippen molar-refractivity contribution in [1.82, 2.24) is 4.90 Å². The first-order chi connectivity index (χ1) is 7.11. The molecule has 0 aromatic rings. The molecule has 1 aliphatic heterocycles. The van der Waals surface area contributed by atoms with E-state index >= 15 is 0 Å². The molecule has 1 atom stereocenters. The number of rotatable bonds is 0. The second-order valence-electron chi connectivity index (χ2n) is 6.03. The maximum Gasteiger partial charge on any atom is 0.417 e. The second kappa shape index (κ2) is 4.00. The van der Waals surface area contributed by atoms with E-state index in [9.17, 15) is 4.79 Å². The van der Waals surface area contributed by atoms with E-state index in [2.05, 4.69) is 0 Å². The Hall–Kier alpha value is -1.19. The van der Waals surface area contributed by atoms with Gasteiger partial charge < -0.3 is 9.47 Å². The van der Waals surface area contributed by atoms with Crippen LogP contribution in [0.4, 0.5) is 4.79 Å². The number of carbonyl (C=O) groups is 1. The molecule has 1 aliphatic rings. The van der Waals surface area contributed by atoms with Gasteiger partial charge in [0.25, 0.3) is 0 Å². The molecule has 1 heterocycles. The molecule has 0 saturated heterocycles. The molecule has 0 aliphatic carbocycles. The van der Waals surface area contributed by atoms with Crippen LogP contribution in [-0.2, 0) is 9.47 Å². The third-order valence-corrected chi connectivity index (χ3v) is 2.03. The average molecular weight is 227 g/mol. The van der Waals surface area contributed by atoms with Crippen LogP contribution < -0.4 is 0 Å². The normalized spacial score (nSPS) is 20.9. The Labute approximate surface area is 97.2 Å². The summed E-state index contributed by atoms with van der Waals surface area (Å²) in [6, 6.07) is 0. The Morgan fingerprint density at radius 3 is 2.25 bits per heavy atom. The van der Waals surface area contributed by atoms with Gasteiger partial charge in [-0.1, -0.05) is 20.8 Å². The van der Waals surface area contributed by atoms with Crippen LogP contribution in [0.15, 0.2) is 12.5 Å². The van der Waals surface area contributed by atoms with Gasteiger partial charge in [-0.15, -0.1) is 0 Å². The SMILES string of the molecule is CC(C)(C)OC(=O)N1C=CO[C@@H]1C(C)(C)C. The molecule has 0 aromatic carbocycles. The van der Waals surface area contributed by atoms with Gasteiger partial charge in [0.2, 0.25) is 0 Å². The van der Waals surface area contributed by atoms with Crippen molar-refractivity contribution < 1.29 is 14.3 Å². The summed E-state index contributed by atoms with van der Waals surface area (Å²) in [6.07, 6.45) is 2.47. The lowest BCUT2D eigenvalue weighted by Crippen LogP contribution is -2.44. The van der Waals surface area contributed by atoms with Crippen molar-refractivity contribution in [3.05, 3.63) is 12.5 Å². The molecule has 0 spiro atoms. The van der Waals surface area contributed by atoms with Crippen molar-refractivity contribution in [1.29, 1.82) is 0 Å². The zero-order valence-corrected chi connectivity index (χ0v) is 10.9. The highest BCUT2D eigenvalue weighted by atomic mass is 16.6. The first-order valence-corrected chi connectivity index (χ1v) is 5.45. The van der Waals surface area contributed by atoms with Crippen molar-refractivity contribution in [3.8, 4) is 0 Å². The molecule has 0 unspecified atom stereocenters. The van der Waals surface area contributed by atoms with Crippen molar-refractivity contribution in [2.75, 3.05) is 0 Å². The van der Waals surface area contributed by atoms with E-state index in [0.717, 1.165) is 0 Å². The van der Waals surface area contributed by atoms with E-state index in [4.69, 9.17) is 9.47 Å². The van der Waals surface area contributed by atoms with E-state index < -0.39 is 5.60 Å². The number of carbonyl (C=O) groups excluding carboxylic acids is 1. The van der Waals surface area contributed by atoms with E-state index in [-0.39, 0.29) is 17.7 Å². The molecule has 92 valence electrons. The Morgan fingerprint density at radius 1 is 1.25 bits per heavy atom. The number of amides is 1. The van der Waals surface area contributed by atoms with Crippen LogP contribution in [-0.4, -0.2) is 22.8 Å². The fourth-order valence-corrected chi connectivity index (χ4v) is 1.41. The summed E-state index contributed by atoms with van der Waals surface area (Å²) in [4.78, 5) is 13.4. The quantitative estimate of drug-likeness (QED) is 0.638. The summed E-state index contributed by atoms with van der Waals surface area (Å²) >= 11 is 0. The van der Waals surface area contributed by atoms with Gasteiger partial charge in [-0.25, -0.2) is 9.69 Å². The van der Waals surface area contributed by atoms with Crippen LogP contribution in [0, 0.1) is 5.41 Å². The molecule has 0 N–H and O–H groups in total. The molecule has 0 aromatic heterocycles. The summed E-state index contributed by atoms with van der Waals surface area (Å²) < 4.78 is 10.7. The smallest absolute Gasteiger partial charge is 0.417 e. The molecule has 1 amide bonds. The van der Waals surface area contributed by atoms with Crippen molar-refractivity contribution in [2.45, 2.75) is 53.4 Å². The summed E-state index contributed by atoms with van der Waals surface area (Å²) in [5.74, 6) is 0. The van der Waals surface area contributed by atoms with Gasteiger partial charge in [-0.3, -0.25) is 0 Å². The second-order valence-corrected chi connectivity index (χ2v) is 6.03. The minimum Gasteiger partial charge on any atom is -0.475 e. The molecule has 16 heavy (non-hydrogen) atoms. The molecule has 0 bridgehead atoms. The molecular weight excluding hydrogens is 206 g/mol. The van der Waals surface area contributed by atoms with E-state index in [1.807, 2.05) is 41.5 Å². The van der Waals surface area contributed by atoms with Gasteiger partial charge in [0.15, 0.2) is 6.23 Å². The molecule has 4 heteroatoms. The Balaban J connectivity index is 2.72. The van der Waals surface area contributed by atoms with Crippen LogP contribution in [0.2, 0.25) is 0 Å². The van der Waals surface area contributed by atoms with Crippen LogP contribution in [0.25, 0.3) is 0 Å². The summed E-state index contributed by atoms with van der Waals surface area (Å²) in [5, 5.41) is 0. The summed E-state index contributed by atoms with van der Waals surface area (Å²) in [6.45, 7) is 11.6. The predicted octanol–water partition coefficient (Wildman–Crippen LogP) is 3.10. The van der Waals surface area contributed by atoms with Crippen molar-refractivity contribution in [2.24, 2.45) is 5.41 Å². The average Bonchev–Trinajstić information content (AvgIpc) is 2.45. The molecule has 1 rings (SSSR count). The van der Waals surface area contributed by atoms with Gasteiger partial charge in [0, 0.05) is 11.6 Å². The van der Waals surface area contributed by atoms with E-state index in [0.29, 0.717) is 0 Å². The minimum absolute atomic E-state index is 0.152. The Morgan fingerprint density at radius 2 is 1.81 bits per heavy atom. The third kappa shape index (κ3) is 3.15. The van der Waals surface area contributed by atoms with Gasteiger partial charge in [-0.05, 0) is 20.8 Å². The number of nitrogens with zero attached hydrogens (tertiary/aromatic N) is 1. The molecule has 0 saturated carbocycles. The standard InChI is InChI=1S/C12H21NO3/c1-11(2,3)9-13(7-8-15-9)10(14)16-12(4,5)6/h7-9H,1-6H3/t9-/m1/s1. The lowest BCUT2D eigenvalue weighted by Gasteiger charge is -2.33. The minimum atomic E-state index is -0.490. The highest BCUT2D eigenvalue weighted by Crippen LogP contribution is 2.30. The number of ether oxygens (including phenoxy) is 2. The van der Waals surface area contributed by atoms with Crippen LogP contribution in [0.3, 0.4) is 0 Å². The first kappa shape index (κ1) is 12.9. The molecular formula is C12H21NO3. The Kier molecular flexibility index (Phi) is 3.22. The monoisotopic (exact) mass is 227 g/mol. The molecule has 0 radical (unpaired) electrons. The fraction of sp³-hybridized carbons (Fsp3) is 0.750. The van der Waals surface area contributed by atoms with Crippen molar-refractivity contribution >= 4 is 6.09 Å². The molecule has 4 nitrogen and oxygen atoms in total. The van der Waals surface area contributed by atoms with Gasteiger partial charge in [-0.2, -0.15) is 0 Å². The van der Waals surface area contributed by atoms with Crippen LogP contribution in [0.5, 0.6) is 0 Å². The fourth-order valence-electron chi connectivity index (χ4n) is 1.41. The maximum atomic E-state index is 11.9. The Bertz CT molecular complexity index is 296. The lowest BCUT2D eigenvalue weighted by molar-refractivity contribution is -0.0435. The highest BCUT2D eigenvalue weighted by molar-refractivity contribution is 5.70. The largest absolute Gasteiger partial charge is 0.475 e. The predicted molar refractivity (Wildman–Crippen MR) is 61.5 cm³/mol. The van der Waals surface area contributed by atoms with Crippen LogP contribution in [0.1, 0.15) is 41.5 Å². The molecule has 0 fully saturated rings. The highest BCUT2D eigenvalue weighted by Gasteiger charge is 2.38. The zero-order chi connectivity index (χ0) is 12.6. The van der Waals surface area contributed by atoms with E-state index in [1.165, 1.54) is 11.2 Å². The third-order valence-electron chi connectivity index (χ3n) is 2.03. The lowest BCUT2D eigenvalue weighted by atomic mass is 9.94. The first-order valence-electron chi connectivity index (χ1n) is 5.45. The summed E-state index contributed by atoms with van der Waals surface area (Å²) in [5.41, 5.74) is -0.643. The topological polar surface area (TPSA) is 38.8 Å². The van der Waals surface area contributed by atoms with E-state index in [1.54, 1.807) is 6.20 Å². The summed E-state index contributed by atoms with van der Waals surface area (Å²) in [7, 11) is 0. The maximum absolute atomic E-state index is 11.9. The van der Waals surface area contributed by atoms with Crippen LogP contribution >= 0.6 is 0 Å². The van der Waals surface area contributed by atoms with Gasteiger partial charge in [0.05, 0.1) is 0 Å². The van der Waals surface area contributed by atoms with Gasteiger partial charge in [0.1, 0.15) is 11.9 Å². The zero-order valence-electron chi connectivity index (χ0n) is 10.9. The van der Waals surface area contributed by atoms with Gasteiger partial charge >= 0.3 is 6.09 Å². The van der Waals surface area contributed by atoms with Crippen molar-refractivity contribution in [3.63, 3.8) is 0 Å². The number of hydrogen-bond donors (Lipinski definition) is 0.